The monoisotopic (exact) mass is 341 g/mol. The van der Waals surface area contributed by atoms with Crippen molar-refractivity contribution >= 4 is 23.4 Å². The highest BCUT2D eigenvalue weighted by atomic mass is 16.4. The van der Waals surface area contributed by atoms with Crippen LogP contribution in [0, 0.1) is 0 Å². The van der Waals surface area contributed by atoms with Crippen LogP contribution in [0.2, 0.25) is 0 Å². The van der Waals surface area contributed by atoms with Crippen LogP contribution in [0.25, 0.3) is 0 Å². The summed E-state index contributed by atoms with van der Waals surface area (Å²) in [5.74, 6) is -0.268. The molecule has 0 saturated heterocycles. The van der Waals surface area contributed by atoms with Crippen molar-refractivity contribution < 1.29 is 14.7 Å². The Hall–Kier alpha value is -3.02. The number of hydrogen-bond acceptors (Lipinski definition) is 3. The maximum atomic E-state index is 12.3. The van der Waals surface area contributed by atoms with Crippen LogP contribution in [-0.4, -0.2) is 27.5 Å². The fourth-order valence-electron chi connectivity index (χ4n) is 2.34. The molecule has 25 heavy (non-hydrogen) atoms. The van der Waals surface area contributed by atoms with Gasteiger partial charge in [-0.2, -0.15) is 0 Å². The van der Waals surface area contributed by atoms with Gasteiger partial charge in [0.15, 0.2) is 0 Å². The van der Waals surface area contributed by atoms with Crippen molar-refractivity contribution in [2.75, 3.05) is 11.1 Å². The second kappa shape index (κ2) is 7.25. The van der Waals surface area contributed by atoms with Crippen LogP contribution in [-0.2, 0) is 6.54 Å². The molecule has 0 fully saturated rings. The first-order valence-electron chi connectivity index (χ1n) is 7.94. The molecular formula is C19H23N3O3. The molecule has 6 nitrogen and oxygen atoms in total. The zero-order chi connectivity index (χ0) is 18.6. The minimum atomic E-state index is -0.978. The summed E-state index contributed by atoms with van der Waals surface area (Å²) in [6.45, 7) is 5.78. The first-order valence-corrected chi connectivity index (χ1v) is 7.94. The maximum Gasteiger partial charge on any atom is 0.408 e. The highest BCUT2D eigenvalue weighted by Crippen LogP contribution is 2.20. The molecule has 2 amide bonds. The van der Waals surface area contributed by atoms with E-state index in [0.29, 0.717) is 16.9 Å². The molecule has 2 rings (SSSR count). The quantitative estimate of drug-likeness (QED) is 0.737. The smallest absolute Gasteiger partial charge is 0.408 e. The summed E-state index contributed by atoms with van der Waals surface area (Å²) in [6.07, 6.45) is -0.978. The molecular weight excluding hydrogens is 318 g/mol. The van der Waals surface area contributed by atoms with Gasteiger partial charge < -0.3 is 16.2 Å². The molecule has 0 radical (unpaired) electrons. The number of nitrogens with two attached hydrogens (primary N) is 1. The van der Waals surface area contributed by atoms with E-state index in [-0.39, 0.29) is 12.5 Å². The van der Waals surface area contributed by atoms with Gasteiger partial charge in [0.05, 0.1) is 11.4 Å². The van der Waals surface area contributed by atoms with Crippen molar-refractivity contribution in [2.45, 2.75) is 32.9 Å². The van der Waals surface area contributed by atoms with Crippen molar-refractivity contribution in [1.82, 2.24) is 4.90 Å². The third kappa shape index (κ3) is 4.73. The molecule has 0 aliphatic carbocycles. The first kappa shape index (κ1) is 18.3. The van der Waals surface area contributed by atoms with Crippen molar-refractivity contribution in [2.24, 2.45) is 0 Å². The van der Waals surface area contributed by atoms with Gasteiger partial charge in [0.1, 0.15) is 0 Å². The van der Waals surface area contributed by atoms with Gasteiger partial charge in [0.25, 0.3) is 5.91 Å². The maximum absolute atomic E-state index is 12.3. The number of amides is 2. The van der Waals surface area contributed by atoms with Gasteiger partial charge in [-0.05, 0) is 50.6 Å². The van der Waals surface area contributed by atoms with Crippen molar-refractivity contribution in [3.63, 3.8) is 0 Å². The molecule has 6 heteroatoms. The number of hydrogen-bond donors (Lipinski definition) is 3. The Kier molecular flexibility index (Phi) is 5.32. The highest BCUT2D eigenvalue weighted by molar-refractivity contribution is 6.05. The SMILES string of the molecule is CC(C)(C)N(Cc1ccc(C(=O)Nc2ccccc2N)cc1)C(=O)O. The third-order valence-corrected chi connectivity index (χ3v) is 3.81. The number of rotatable bonds is 4. The number of nitrogen functional groups attached to an aromatic ring is 1. The van der Waals surface area contributed by atoms with Crippen molar-refractivity contribution in [3.8, 4) is 0 Å². The lowest BCUT2D eigenvalue weighted by Crippen LogP contribution is -2.44. The van der Waals surface area contributed by atoms with E-state index in [1.54, 1.807) is 48.5 Å². The molecule has 0 aliphatic heterocycles. The van der Waals surface area contributed by atoms with Crippen LogP contribution < -0.4 is 11.1 Å². The average molecular weight is 341 g/mol. The second-order valence-electron chi connectivity index (χ2n) is 6.78. The van der Waals surface area contributed by atoms with Crippen LogP contribution in [0.1, 0.15) is 36.7 Å². The summed E-state index contributed by atoms with van der Waals surface area (Å²) in [4.78, 5) is 25.1. The van der Waals surface area contributed by atoms with E-state index in [4.69, 9.17) is 5.73 Å². The third-order valence-electron chi connectivity index (χ3n) is 3.81. The lowest BCUT2D eigenvalue weighted by molar-refractivity contribution is 0.0953. The largest absolute Gasteiger partial charge is 0.465 e. The van der Waals surface area contributed by atoms with E-state index in [1.807, 2.05) is 20.8 Å². The lowest BCUT2D eigenvalue weighted by Gasteiger charge is -2.33. The van der Waals surface area contributed by atoms with Crippen molar-refractivity contribution in [3.05, 3.63) is 59.7 Å². The summed E-state index contributed by atoms with van der Waals surface area (Å²) >= 11 is 0. The zero-order valence-corrected chi connectivity index (χ0v) is 14.6. The van der Waals surface area contributed by atoms with Crippen LogP contribution in [0.3, 0.4) is 0 Å². The number of nitrogens with one attached hydrogen (secondary N) is 1. The fraction of sp³-hybridized carbons (Fsp3) is 0.263. The molecule has 0 saturated carbocycles. The Morgan fingerprint density at radius 1 is 1.08 bits per heavy atom. The minimum absolute atomic E-state index is 0.256. The van der Waals surface area contributed by atoms with Gasteiger partial charge in [-0.1, -0.05) is 24.3 Å². The molecule has 4 N–H and O–H groups in total. The van der Waals surface area contributed by atoms with E-state index in [9.17, 15) is 14.7 Å². The summed E-state index contributed by atoms with van der Waals surface area (Å²) in [7, 11) is 0. The fourth-order valence-corrected chi connectivity index (χ4v) is 2.34. The Bertz CT molecular complexity index is 764. The summed E-state index contributed by atoms with van der Waals surface area (Å²) in [6, 6.07) is 13.9. The molecule has 2 aromatic rings. The van der Waals surface area contributed by atoms with Gasteiger partial charge in [-0.25, -0.2) is 4.79 Å². The number of carboxylic acid groups (broad SMARTS) is 1. The molecule has 2 aromatic carbocycles. The topological polar surface area (TPSA) is 95.7 Å². The molecule has 0 unspecified atom stereocenters. The summed E-state index contributed by atoms with van der Waals surface area (Å²) in [5, 5.41) is 12.1. The van der Waals surface area contributed by atoms with Crippen molar-refractivity contribution in [1.29, 1.82) is 0 Å². The van der Waals surface area contributed by atoms with E-state index >= 15 is 0 Å². The van der Waals surface area contributed by atoms with E-state index in [1.165, 1.54) is 4.90 Å². The predicted molar refractivity (Wildman–Crippen MR) is 98.6 cm³/mol. The number of carbonyl (C=O) groups excluding carboxylic acids is 1. The first-order chi connectivity index (χ1) is 11.7. The minimum Gasteiger partial charge on any atom is -0.465 e. The number of anilines is 2. The van der Waals surface area contributed by atoms with Crippen LogP contribution in [0.15, 0.2) is 48.5 Å². The van der Waals surface area contributed by atoms with Gasteiger partial charge in [-0.15, -0.1) is 0 Å². The normalized spacial score (nSPS) is 11.0. The predicted octanol–water partition coefficient (Wildman–Crippen LogP) is 3.80. The summed E-state index contributed by atoms with van der Waals surface area (Å²) < 4.78 is 0. The van der Waals surface area contributed by atoms with Crippen LogP contribution in [0.4, 0.5) is 16.2 Å². The van der Waals surface area contributed by atoms with E-state index < -0.39 is 11.6 Å². The Morgan fingerprint density at radius 3 is 2.20 bits per heavy atom. The highest BCUT2D eigenvalue weighted by Gasteiger charge is 2.26. The van der Waals surface area contributed by atoms with Gasteiger partial charge >= 0.3 is 6.09 Å². The Balaban J connectivity index is 2.10. The van der Waals surface area contributed by atoms with Crippen LogP contribution >= 0.6 is 0 Å². The standard InChI is InChI=1S/C19H23N3O3/c1-19(2,3)22(18(24)25)12-13-8-10-14(11-9-13)17(23)21-16-7-5-4-6-15(16)20/h4-11H,12,20H2,1-3H3,(H,21,23)(H,24,25). The molecule has 0 bridgehead atoms. The molecule has 0 spiro atoms. The number of para-hydroxylation sites is 2. The van der Waals surface area contributed by atoms with Gasteiger partial charge in [0.2, 0.25) is 0 Å². The second-order valence-corrected chi connectivity index (χ2v) is 6.78. The van der Waals surface area contributed by atoms with E-state index in [0.717, 1.165) is 5.56 Å². The molecule has 0 atom stereocenters. The Morgan fingerprint density at radius 2 is 1.68 bits per heavy atom. The molecule has 132 valence electrons. The summed E-state index contributed by atoms with van der Waals surface area (Å²) in [5.41, 5.74) is 7.65. The molecule has 0 aliphatic rings. The van der Waals surface area contributed by atoms with E-state index in [2.05, 4.69) is 5.32 Å². The van der Waals surface area contributed by atoms with Crippen LogP contribution in [0.5, 0.6) is 0 Å². The molecule has 0 aromatic heterocycles. The zero-order valence-electron chi connectivity index (χ0n) is 14.6. The average Bonchev–Trinajstić information content (AvgIpc) is 2.54. The number of carbonyl (C=O) groups is 2. The molecule has 0 heterocycles. The Labute approximate surface area is 147 Å². The van der Waals surface area contributed by atoms with Gasteiger partial charge in [-0.3, -0.25) is 9.69 Å². The van der Waals surface area contributed by atoms with Gasteiger partial charge in [0, 0.05) is 17.6 Å². The lowest BCUT2D eigenvalue weighted by atomic mass is 10.0. The number of nitrogens with zero attached hydrogens (tertiary/aromatic N) is 1. The number of benzene rings is 2.